The van der Waals surface area contributed by atoms with Crippen LogP contribution in [0.2, 0.25) is 0 Å². The van der Waals surface area contributed by atoms with E-state index in [9.17, 15) is 26.4 Å². The highest BCUT2D eigenvalue weighted by molar-refractivity contribution is 7.88. The summed E-state index contributed by atoms with van der Waals surface area (Å²) in [6.07, 6.45) is 0. The van der Waals surface area contributed by atoms with Crippen molar-refractivity contribution in [3.63, 3.8) is 0 Å². The zero-order valence-corrected chi connectivity index (χ0v) is 10.7. The van der Waals surface area contributed by atoms with Crippen molar-refractivity contribution in [3.8, 4) is 5.75 Å². The highest BCUT2D eigenvalue weighted by Crippen LogP contribution is 2.30. The maximum atomic E-state index is 12.3. The molecule has 0 aliphatic heterocycles. The molecule has 0 unspecified atom stereocenters. The molecule has 0 atom stereocenters. The molecular weight excluding hydrogens is 301 g/mol. The van der Waals surface area contributed by atoms with Crippen molar-refractivity contribution in [1.82, 2.24) is 0 Å². The molecule has 0 amide bonds. The molecule has 2 rings (SSSR count). The Balaban J connectivity index is 2.64. The summed E-state index contributed by atoms with van der Waals surface area (Å²) in [5, 5.41) is -0.0528. The van der Waals surface area contributed by atoms with Gasteiger partial charge in [-0.2, -0.15) is 21.6 Å². The van der Waals surface area contributed by atoms with Crippen molar-refractivity contribution < 1.29 is 30.2 Å². The summed E-state index contributed by atoms with van der Waals surface area (Å²) < 4.78 is 67.5. The van der Waals surface area contributed by atoms with Gasteiger partial charge in [-0.15, -0.1) is 0 Å². The lowest BCUT2D eigenvalue weighted by Gasteiger charge is -2.10. The average Bonchev–Trinajstić information content (AvgIpc) is 2.25. The second-order valence-electron chi connectivity index (χ2n) is 3.91. The molecule has 0 N–H and O–H groups in total. The highest BCUT2D eigenvalue weighted by Gasteiger charge is 2.48. The Morgan fingerprint density at radius 3 is 2.45 bits per heavy atom. The van der Waals surface area contributed by atoms with Crippen LogP contribution in [0.5, 0.6) is 5.75 Å². The van der Waals surface area contributed by atoms with E-state index in [0.717, 1.165) is 0 Å². The van der Waals surface area contributed by atoms with E-state index in [0.29, 0.717) is 11.6 Å². The fourth-order valence-corrected chi connectivity index (χ4v) is 1.94. The number of hydrogen-bond donors (Lipinski definition) is 0. The molecular formula is C11H7F3O5S. The summed E-state index contributed by atoms with van der Waals surface area (Å²) >= 11 is 0. The number of aryl methyl sites for hydroxylation is 1. The molecule has 20 heavy (non-hydrogen) atoms. The van der Waals surface area contributed by atoms with Crippen molar-refractivity contribution in [2.24, 2.45) is 0 Å². The second kappa shape index (κ2) is 4.51. The van der Waals surface area contributed by atoms with Crippen LogP contribution in [0.25, 0.3) is 11.0 Å². The van der Waals surface area contributed by atoms with E-state index in [1.54, 1.807) is 6.92 Å². The Morgan fingerprint density at radius 2 is 1.85 bits per heavy atom. The van der Waals surface area contributed by atoms with Crippen LogP contribution in [0.4, 0.5) is 13.2 Å². The molecule has 9 heteroatoms. The number of hydrogen-bond acceptors (Lipinski definition) is 5. The van der Waals surface area contributed by atoms with Gasteiger partial charge in [-0.1, -0.05) is 6.07 Å². The van der Waals surface area contributed by atoms with E-state index in [1.165, 1.54) is 18.2 Å². The van der Waals surface area contributed by atoms with Crippen LogP contribution in [-0.2, 0) is 10.1 Å². The average molecular weight is 308 g/mol. The van der Waals surface area contributed by atoms with Crippen LogP contribution < -0.4 is 9.81 Å². The first-order valence-electron chi connectivity index (χ1n) is 5.15. The Morgan fingerprint density at radius 1 is 1.20 bits per heavy atom. The van der Waals surface area contributed by atoms with Crippen molar-refractivity contribution in [2.75, 3.05) is 0 Å². The Kier molecular flexibility index (Phi) is 3.24. The SMILES string of the molecule is Cc1ccc2c(OS(=O)(=O)C(F)(F)F)cc(=O)oc2c1. The predicted octanol–water partition coefficient (Wildman–Crippen LogP) is 2.33. The molecule has 0 aliphatic rings. The lowest BCUT2D eigenvalue weighted by Crippen LogP contribution is -2.28. The molecule has 0 radical (unpaired) electrons. The number of fused-ring (bicyclic) bond motifs is 1. The van der Waals surface area contributed by atoms with Gasteiger partial charge in [0.15, 0.2) is 5.75 Å². The quantitative estimate of drug-likeness (QED) is 0.483. The fourth-order valence-electron chi connectivity index (χ4n) is 1.47. The van der Waals surface area contributed by atoms with Gasteiger partial charge in [0, 0.05) is 0 Å². The van der Waals surface area contributed by atoms with Crippen LogP contribution in [-0.4, -0.2) is 13.9 Å². The summed E-state index contributed by atoms with van der Waals surface area (Å²) in [7, 11) is -5.85. The first-order valence-corrected chi connectivity index (χ1v) is 6.56. The number of rotatable bonds is 2. The van der Waals surface area contributed by atoms with Crippen LogP contribution in [0.1, 0.15) is 5.56 Å². The van der Waals surface area contributed by atoms with Crippen LogP contribution in [0.3, 0.4) is 0 Å². The Labute approximate surface area is 110 Å². The van der Waals surface area contributed by atoms with Gasteiger partial charge in [-0.25, -0.2) is 4.79 Å². The molecule has 0 aliphatic carbocycles. The van der Waals surface area contributed by atoms with Gasteiger partial charge in [-0.3, -0.25) is 0 Å². The first-order chi connectivity index (χ1) is 9.10. The standard InChI is InChI=1S/C11H7F3O5S/c1-6-2-3-7-8(4-6)18-10(15)5-9(7)19-20(16,17)11(12,13)14/h2-5H,1H3. The molecule has 0 saturated heterocycles. The summed E-state index contributed by atoms with van der Waals surface area (Å²) in [5.74, 6) is -0.728. The molecule has 2 aromatic rings. The van der Waals surface area contributed by atoms with Gasteiger partial charge in [0.05, 0.1) is 11.5 Å². The third-order valence-corrected chi connectivity index (χ3v) is 3.31. The summed E-state index contributed by atoms with van der Waals surface area (Å²) in [6.45, 7) is 1.67. The predicted molar refractivity (Wildman–Crippen MR) is 62.8 cm³/mol. The van der Waals surface area contributed by atoms with Gasteiger partial charge in [-0.05, 0) is 24.6 Å². The van der Waals surface area contributed by atoms with E-state index in [2.05, 4.69) is 4.18 Å². The van der Waals surface area contributed by atoms with E-state index >= 15 is 0 Å². The highest BCUT2D eigenvalue weighted by atomic mass is 32.2. The van der Waals surface area contributed by atoms with Crippen LogP contribution in [0, 0.1) is 6.92 Å². The summed E-state index contributed by atoms with van der Waals surface area (Å²) in [4.78, 5) is 11.2. The molecule has 0 spiro atoms. The van der Waals surface area contributed by atoms with Gasteiger partial charge in [0.1, 0.15) is 5.58 Å². The molecule has 0 fully saturated rings. The second-order valence-corrected chi connectivity index (χ2v) is 5.45. The van der Waals surface area contributed by atoms with Gasteiger partial charge >= 0.3 is 21.3 Å². The third-order valence-electron chi connectivity index (χ3n) is 2.35. The molecule has 108 valence electrons. The van der Waals surface area contributed by atoms with E-state index in [1.807, 2.05) is 0 Å². The molecule has 1 heterocycles. The van der Waals surface area contributed by atoms with Gasteiger partial charge in [0.2, 0.25) is 0 Å². The Hall–Kier alpha value is -2.03. The third kappa shape index (κ3) is 2.62. The van der Waals surface area contributed by atoms with E-state index in [4.69, 9.17) is 4.42 Å². The normalized spacial score (nSPS) is 12.6. The summed E-state index contributed by atoms with van der Waals surface area (Å²) in [6, 6.07) is 4.73. The maximum absolute atomic E-state index is 12.3. The van der Waals surface area contributed by atoms with Gasteiger partial charge < -0.3 is 8.60 Å². The minimum Gasteiger partial charge on any atom is -0.422 e. The molecule has 1 aromatic carbocycles. The number of benzene rings is 1. The monoisotopic (exact) mass is 308 g/mol. The van der Waals surface area contributed by atoms with Crippen molar-refractivity contribution in [3.05, 3.63) is 40.2 Å². The van der Waals surface area contributed by atoms with Crippen LogP contribution in [0.15, 0.2) is 33.5 Å². The zero-order chi connectivity index (χ0) is 15.1. The lowest BCUT2D eigenvalue weighted by molar-refractivity contribution is -0.0499. The minimum atomic E-state index is -5.85. The lowest BCUT2D eigenvalue weighted by atomic mass is 10.1. The first kappa shape index (κ1) is 14.4. The van der Waals surface area contributed by atoms with E-state index in [-0.39, 0.29) is 11.0 Å². The molecule has 1 aromatic heterocycles. The Bertz CT molecular complexity index is 820. The maximum Gasteiger partial charge on any atom is 0.534 e. The zero-order valence-electron chi connectivity index (χ0n) is 9.89. The van der Waals surface area contributed by atoms with Crippen LogP contribution >= 0.6 is 0 Å². The smallest absolute Gasteiger partial charge is 0.422 e. The molecule has 0 bridgehead atoms. The number of halogens is 3. The largest absolute Gasteiger partial charge is 0.534 e. The van der Waals surface area contributed by atoms with E-state index < -0.39 is 27.0 Å². The molecule has 5 nitrogen and oxygen atoms in total. The topological polar surface area (TPSA) is 73.6 Å². The van der Waals surface area contributed by atoms with Gasteiger partial charge in [0.25, 0.3) is 0 Å². The number of alkyl halides is 3. The molecule has 0 saturated carbocycles. The minimum absolute atomic E-state index is 0.0528. The fraction of sp³-hybridized carbons (Fsp3) is 0.182. The van der Waals surface area contributed by atoms with Crippen molar-refractivity contribution >= 4 is 21.1 Å². The van der Waals surface area contributed by atoms with Crippen molar-refractivity contribution in [1.29, 1.82) is 0 Å². The van der Waals surface area contributed by atoms with Crippen molar-refractivity contribution in [2.45, 2.75) is 12.4 Å². The summed E-state index contributed by atoms with van der Waals surface area (Å²) in [5.41, 5.74) is -5.99.